The fourth-order valence-electron chi connectivity index (χ4n) is 2.08. The molecule has 2 aliphatic rings. The molecule has 1 aliphatic heterocycles. The van der Waals surface area contributed by atoms with E-state index < -0.39 is 0 Å². The van der Waals surface area contributed by atoms with Gasteiger partial charge >= 0.3 is 0 Å². The van der Waals surface area contributed by atoms with Gasteiger partial charge in [0, 0.05) is 31.1 Å². The molecule has 13 heavy (non-hydrogen) atoms. The van der Waals surface area contributed by atoms with E-state index in [0.717, 1.165) is 19.6 Å². The third-order valence-electron chi connectivity index (χ3n) is 3.53. The van der Waals surface area contributed by atoms with Crippen LogP contribution in [0.4, 0.5) is 0 Å². The van der Waals surface area contributed by atoms with Crippen LogP contribution in [0, 0.1) is 5.41 Å². The molecule has 0 bridgehead atoms. The number of aliphatic hydroxyl groups excluding tert-OH is 1. The van der Waals surface area contributed by atoms with Crippen LogP contribution >= 0.6 is 0 Å². The zero-order valence-electron chi connectivity index (χ0n) is 8.58. The first-order valence-corrected chi connectivity index (χ1v) is 5.28. The lowest BCUT2D eigenvalue weighted by atomic mass is 10.0. The van der Waals surface area contributed by atoms with E-state index >= 15 is 0 Å². The van der Waals surface area contributed by atoms with Crippen LogP contribution < -0.4 is 5.32 Å². The molecule has 2 fully saturated rings. The van der Waals surface area contributed by atoms with Crippen LogP contribution in [-0.2, 0) is 0 Å². The van der Waals surface area contributed by atoms with Crippen molar-refractivity contribution in [2.24, 2.45) is 5.41 Å². The minimum atomic E-state index is -0.218. The van der Waals surface area contributed by atoms with Gasteiger partial charge in [0.1, 0.15) is 6.23 Å². The molecule has 0 amide bonds. The van der Waals surface area contributed by atoms with E-state index in [1.54, 1.807) is 0 Å². The minimum Gasteiger partial charge on any atom is -0.378 e. The SMILES string of the molecule is CC1CNCCN1C(O)C1(C)CC1. The van der Waals surface area contributed by atoms with Gasteiger partial charge < -0.3 is 10.4 Å². The highest BCUT2D eigenvalue weighted by molar-refractivity contribution is 4.96. The average molecular weight is 184 g/mol. The van der Waals surface area contributed by atoms with Crippen LogP contribution in [0.25, 0.3) is 0 Å². The molecule has 1 saturated carbocycles. The predicted molar refractivity (Wildman–Crippen MR) is 52.4 cm³/mol. The number of nitrogens with zero attached hydrogens (tertiary/aromatic N) is 1. The summed E-state index contributed by atoms with van der Waals surface area (Å²) in [6.45, 7) is 7.37. The second kappa shape index (κ2) is 3.23. The average Bonchev–Trinajstić information content (AvgIpc) is 2.85. The Morgan fingerprint density at radius 2 is 2.23 bits per heavy atom. The van der Waals surface area contributed by atoms with Gasteiger partial charge in [-0.05, 0) is 19.8 Å². The molecule has 1 heterocycles. The van der Waals surface area contributed by atoms with Gasteiger partial charge in [0.05, 0.1) is 0 Å². The van der Waals surface area contributed by atoms with E-state index in [0.29, 0.717) is 6.04 Å². The molecule has 76 valence electrons. The first-order valence-electron chi connectivity index (χ1n) is 5.28. The molecule has 2 N–H and O–H groups in total. The predicted octanol–water partition coefficient (Wildman–Crippen LogP) is 0.399. The molecule has 3 heteroatoms. The molecule has 2 atom stereocenters. The van der Waals surface area contributed by atoms with Crippen molar-refractivity contribution < 1.29 is 5.11 Å². The Morgan fingerprint density at radius 1 is 1.54 bits per heavy atom. The molecular weight excluding hydrogens is 164 g/mol. The van der Waals surface area contributed by atoms with Crippen molar-refractivity contribution >= 4 is 0 Å². The fourth-order valence-corrected chi connectivity index (χ4v) is 2.08. The zero-order valence-corrected chi connectivity index (χ0v) is 8.58. The van der Waals surface area contributed by atoms with Crippen LogP contribution in [0.2, 0.25) is 0 Å². The summed E-state index contributed by atoms with van der Waals surface area (Å²) < 4.78 is 0. The molecule has 0 aromatic heterocycles. The molecule has 2 unspecified atom stereocenters. The van der Waals surface area contributed by atoms with Crippen molar-refractivity contribution in [1.29, 1.82) is 0 Å². The quantitative estimate of drug-likeness (QED) is 0.652. The summed E-state index contributed by atoms with van der Waals surface area (Å²) in [4.78, 5) is 2.24. The fraction of sp³-hybridized carbons (Fsp3) is 1.00. The summed E-state index contributed by atoms with van der Waals surface area (Å²) in [5.41, 5.74) is 0.200. The van der Waals surface area contributed by atoms with E-state index in [1.807, 2.05) is 0 Å². The van der Waals surface area contributed by atoms with E-state index in [-0.39, 0.29) is 11.6 Å². The topological polar surface area (TPSA) is 35.5 Å². The van der Waals surface area contributed by atoms with E-state index in [9.17, 15) is 5.11 Å². The van der Waals surface area contributed by atoms with Gasteiger partial charge in [-0.15, -0.1) is 0 Å². The first-order chi connectivity index (χ1) is 6.13. The molecule has 2 rings (SSSR count). The van der Waals surface area contributed by atoms with Gasteiger partial charge in [0.2, 0.25) is 0 Å². The van der Waals surface area contributed by atoms with Gasteiger partial charge in [-0.2, -0.15) is 0 Å². The van der Waals surface area contributed by atoms with E-state index in [2.05, 4.69) is 24.1 Å². The Balaban J connectivity index is 1.97. The highest BCUT2D eigenvalue weighted by Crippen LogP contribution is 2.49. The van der Waals surface area contributed by atoms with Gasteiger partial charge in [0.25, 0.3) is 0 Å². The van der Waals surface area contributed by atoms with Crippen molar-refractivity contribution in [3.63, 3.8) is 0 Å². The molecule has 0 spiro atoms. The monoisotopic (exact) mass is 184 g/mol. The van der Waals surface area contributed by atoms with Crippen LogP contribution in [0.1, 0.15) is 26.7 Å². The molecule has 1 saturated heterocycles. The lowest BCUT2D eigenvalue weighted by Gasteiger charge is -2.39. The maximum Gasteiger partial charge on any atom is 0.113 e. The van der Waals surface area contributed by atoms with E-state index in [1.165, 1.54) is 12.8 Å². The van der Waals surface area contributed by atoms with Gasteiger partial charge in [-0.3, -0.25) is 4.90 Å². The third kappa shape index (κ3) is 1.73. The lowest BCUT2D eigenvalue weighted by Crippen LogP contribution is -2.56. The molecule has 1 aliphatic carbocycles. The van der Waals surface area contributed by atoms with Gasteiger partial charge in [0.15, 0.2) is 0 Å². The van der Waals surface area contributed by atoms with Crippen molar-refractivity contribution in [3.05, 3.63) is 0 Å². The summed E-state index contributed by atoms with van der Waals surface area (Å²) in [7, 11) is 0. The zero-order chi connectivity index (χ0) is 9.47. The van der Waals surface area contributed by atoms with Crippen molar-refractivity contribution in [1.82, 2.24) is 10.2 Å². The standard InChI is InChI=1S/C10H20N2O/c1-8-7-11-5-6-12(8)9(13)10(2)3-4-10/h8-9,11,13H,3-7H2,1-2H3. The molecule has 0 radical (unpaired) electrons. The third-order valence-corrected chi connectivity index (χ3v) is 3.53. The normalized spacial score (nSPS) is 35.8. The number of piperazine rings is 1. The van der Waals surface area contributed by atoms with Crippen molar-refractivity contribution in [2.75, 3.05) is 19.6 Å². The molecular formula is C10H20N2O. The number of hydrogen-bond donors (Lipinski definition) is 2. The molecule has 0 aromatic rings. The number of hydrogen-bond acceptors (Lipinski definition) is 3. The summed E-state index contributed by atoms with van der Waals surface area (Å²) in [5, 5.41) is 13.5. The Kier molecular flexibility index (Phi) is 2.34. The second-order valence-corrected chi connectivity index (χ2v) is 4.82. The van der Waals surface area contributed by atoms with Crippen LogP contribution in [0.3, 0.4) is 0 Å². The van der Waals surface area contributed by atoms with Gasteiger partial charge in [-0.25, -0.2) is 0 Å². The second-order valence-electron chi connectivity index (χ2n) is 4.82. The Labute approximate surface area is 80.1 Å². The van der Waals surface area contributed by atoms with Crippen LogP contribution in [0.5, 0.6) is 0 Å². The summed E-state index contributed by atoms with van der Waals surface area (Å²) in [6, 6.07) is 0.473. The van der Waals surface area contributed by atoms with Crippen LogP contribution in [-0.4, -0.2) is 41.9 Å². The highest BCUT2D eigenvalue weighted by atomic mass is 16.3. The smallest absolute Gasteiger partial charge is 0.113 e. The number of rotatable bonds is 2. The Morgan fingerprint density at radius 3 is 2.77 bits per heavy atom. The minimum absolute atomic E-state index is 0.200. The summed E-state index contributed by atoms with van der Waals surface area (Å²) in [5.74, 6) is 0. The number of aliphatic hydroxyl groups is 1. The van der Waals surface area contributed by atoms with Crippen molar-refractivity contribution in [3.8, 4) is 0 Å². The maximum absolute atomic E-state index is 10.1. The first kappa shape index (κ1) is 9.44. The largest absolute Gasteiger partial charge is 0.378 e. The number of nitrogens with one attached hydrogen (secondary N) is 1. The summed E-state index contributed by atoms with van der Waals surface area (Å²) >= 11 is 0. The molecule has 3 nitrogen and oxygen atoms in total. The Hall–Kier alpha value is -0.120. The lowest BCUT2D eigenvalue weighted by molar-refractivity contribution is -0.0723. The Bertz CT molecular complexity index is 191. The van der Waals surface area contributed by atoms with E-state index in [4.69, 9.17) is 0 Å². The van der Waals surface area contributed by atoms with Crippen molar-refractivity contribution in [2.45, 2.75) is 39.0 Å². The summed E-state index contributed by atoms with van der Waals surface area (Å²) in [6.07, 6.45) is 2.15. The van der Waals surface area contributed by atoms with Gasteiger partial charge in [-0.1, -0.05) is 6.92 Å². The van der Waals surface area contributed by atoms with Crippen LogP contribution in [0.15, 0.2) is 0 Å². The maximum atomic E-state index is 10.1. The highest BCUT2D eigenvalue weighted by Gasteiger charge is 2.47. The molecule has 0 aromatic carbocycles.